The van der Waals surface area contributed by atoms with Crippen molar-refractivity contribution in [3.8, 4) is 11.3 Å². The maximum Gasteiger partial charge on any atom is 0.139 e. The van der Waals surface area contributed by atoms with Gasteiger partial charge >= 0.3 is 0 Å². The lowest BCUT2D eigenvalue weighted by Crippen LogP contribution is -2.13. The van der Waals surface area contributed by atoms with E-state index < -0.39 is 17.3 Å². The summed E-state index contributed by atoms with van der Waals surface area (Å²) in [4.78, 5) is 7.61. The quantitative estimate of drug-likeness (QED) is 0.634. The molecule has 2 heterocycles. The average Bonchev–Trinajstić information content (AvgIpc) is 2.86. The highest BCUT2D eigenvalue weighted by Crippen LogP contribution is 2.38. The minimum absolute atomic E-state index is 0.154. The van der Waals surface area contributed by atoms with Gasteiger partial charge in [0.15, 0.2) is 0 Å². The van der Waals surface area contributed by atoms with E-state index in [-0.39, 0.29) is 5.75 Å². The predicted octanol–water partition coefficient (Wildman–Crippen LogP) is 4.06. The second-order valence-electron chi connectivity index (χ2n) is 5.20. The summed E-state index contributed by atoms with van der Waals surface area (Å²) in [6, 6.07) is 9.29. The number of benzene rings is 1. The Morgan fingerprint density at radius 3 is 2.87 bits per heavy atom. The van der Waals surface area contributed by atoms with Gasteiger partial charge in [-0.2, -0.15) is 0 Å². The van der Waals surface area contributed by atoms with Gasteiger partial charge in [-0.15, -0.1) is 0 Å². The number of nitrogens with zero attached hydrogens (tertiary/aromatic N) is 1. The summed E-state index contributed by atoms with van der Waals surface area (Å²) < 4.78 is 12.3. The molecule has 2 aromatic heterocycles. The van der Waals surface area contributed by atoms with Crippen LogP contribution in [-0.4, -0.2) is 31.6 Å². The number of aliphatic hydroxyl groups excluding tert-OH is 1. The number of nitrogens with one attached hydrogen (secondary N) is 1. The van der Waals surface area contributed by atoms with Gasteiger partial charge in [0.25, 0.3) is 0 Å². The van der Waals surface area contributed by atoms with E-state index in [0.29, 0.717) is 10.7 Å². The molecule has 2 unspecified atom stereocenters. The molecule has 2 atom stereocenters. The van der Waals surface area contributed by atoms with Crippen molar-refractivity contribution in [2.45, 2.75) is 6.10 Å². The van der Waals surface area contributed by atoms with Crippen LogP contribution in [0, 0.1) is 0 Å². The number of hydrogen-bond donors (Lipinski definition) is 2. The number of aromatic amines is 1. The topological polar surface area (TPSA) is 72.0 Å². The molecule has 7 heteroatoms. The lowest BCUT2D eigenvalue weighted by molar-refractivity contribution is 0.198. The van der Waals surface area contributed by atoms with Crippen LogP contribution in [0.4, 0.5) is 0 Å². The van der Waals surface area contributed by atoms with Crippen molar-refractivity contribution in [3.05, 3.63) is 51.7 Å². The molecule has 0 bridgehead atoms. The smallest absolute Gasteiger partial charge is 0.139 e. The normalized spacial score (nSPS) is 14.1. The predicted molar refractivity (Wildman–Crippen MR) is 98.1 cm³/mol. The fourth-order valence-corrected chi connectivity index (χ4v) is 3.67. The molecule has 0 saturated heterocycles. The second kappa shape index (κ2) is 6.83. The number of hydrogen-bond acceptors (Lipinski definition) is 3. The van der Waals surface area contributed by atoms with Gasteiger partial charge in [0.2, 0.25) is 0 Å². The fraction of sp³-hybridized carbons (Fsp3) is 0.188. The zero-order valence-electron chi connectivity index (χ0n) is 12.2. The van der Waals surface area contributed by atoms with E-state index in [1.807, 2.05) is 30.3 Å². The van der Waals surface area contributed by atoms with Gasteiger partial charge in [0.1, 0.15) is 11.9 Å². The maximum atomic E-state index is 11.5. The highest BCUT2D eigenvalue weighted by Gasteiger charge is 2.23. The third-order valence-electron chi connectivity index (χ3n) is 3.52. The van der Waals surface area contributed by atoms with Gasteiger partial charge in [-0.1, -0.05) is 28.8 Å². The molecule has 0 aliphatic carbocycles. The first kappa shape index (κ1) is 16.8. The van der Waals surface area contributed by atoms with Gasteiger partial charge in [-0.3, -0.25) is 4.98 Å². The molecule has 3 rings (SSSR count). The number of aliphatic hydroxyl groups is 1. The van der Waals surface area contributed by atoms with Crippen molar-refractivity contribution in [3.63, 3.8) is 0 Å². The van der Waals surface area contributed by atoms with Crippen LogP contribution in [0.3, 0.4) is 0 Å². The molecule has 1 aromatic carbocycles. The Morgan fingerprint density at radius 2 is 2.22 bits per heavy atom. The first-order valence-electron chi connectivity index (χ1n) is 6.87. The van der Waals surface area contributed by atoms with Crippen molar-refractivity contribution in [2.75, 3.05) is 12.0 Å². The Bertz CT molecular complexity index is 839. The third kappa shape index (κ3) is 3.41. The SMILES string of the molecule is C[S+]([O-])CC(O)c1[nH]c2cc(Br)c(Cl)cc2c1-c1ccccn1. The van der Waals surface area contributed by atoms with Crippen molar-refractivity contribution < 1.29 is 9.66 Å². The van der Waals surface area contributed by atoms with Gasteiger partial charge in [-0.05, 0) is 40.2 Å². The highest BCUT2D eigenvalue weighted by atomic mass is 79.9. The number of pyridine rings is 1. The summed E-state index contributed by atoms with van der Waals surface area (Å²) in [5.74, 6) is 0.154. The molecule has 0 amide bonds. The largest absolute Gasteiger partial charge is 0.616 e. The van der Waals surface area contributed by atoms with Gasteiger partial charge in [0.05, 0.1) is 22.7 Å². The molecule has 3 aromatic rings. The van der Waals surface area contributed by atoms with E-state index >= 15 is 0 Å². The standard InChI is InChI=1S/C16H14BrClN2O2S/c1-23(22)8-14(21)16-15(12-4-2-3-5-19-12)9-6-11(18)10(17)7-13(9)20-16/h2-7,14,20-21H,8H2,1H3. The summed E-state index contributed by atoms with van der Waals surface area (Å²) in [6.45, 7) is 0. The Hall–Kier alpha value is -1.05. The van der Waals surface area contributed by atoms with Crippen molar-refractivity contribution >= 4 is 49.6 Å². The Balaban J connectivity index is 2.26. The van der Waals surface area contributed by atoms with Crippen LogP contribution in [0.15, 0.2) is 41.0 Å². The Kier molecular flexibility index (Phi) is 4.98. The lowest BCUT2D eigenvalue weighted by atomic mass is 10.0. The monoisotopic (exact) mass is 412 g/mol. The third-order valence-corrected chi connectivity index (χ3v) is 5.50. The summed E-state index contributed by atoms with van der Waals surface area (Å²) in [6.07, 6.45) is 2.39. The fourth-order valence-electron chi connectivity index (χ4n) is 2.55. The van der Waals surface area contributed by atoms with E-state index in [0.717, 1.165) is 26.6 Å². The zero-order chi connectivity index (χ0) is 16.6. The Labute approximate surface area is 150 Å². The van der Waals surface area contributed by atoms with Crippen LogP contribution in [0.5, 0.6) is 0 Å². The number of rotatable bonds is 4. The highest BCUT2D eigenvalue weighted by molar-refractivity contribution is 9.10. The van der Waals surface area contributed by atoms with Crippen molar-refractivity contribution in [2.24, 2.45) is 0 Å². The van der Waals surface area contributed by atoms with E-state index in [2.05, 4.69) is 25.9 Å². The summed E-state index contributed by atoms with van der Waals surface area (Å²) in [7, 11) is 0. The number of aromatic nitrogens is 2. The lowest BCUT2D eigenvalue weighted by Gasteiger charge is -2.12. The summed E-state index contributed by atoms with van der Waals surface area (Å²) in [5.41, 5.74) is 2.95. The van der Waals surface area contributed by atoms with Crippen LogP contribution in [0.2, 0.25) is 5.02 Å². The second-order valence-corrected chi connectivity index (χ2v) is 7.94. The number of H-pyrrole nitrogens is 1. The van der Waals surface area contributed by atoms with E-state index in [4.69, 9.17) is 11.6 Å². The first-order chi connectivity index (χ1) is 11.0. The minimum Gasteiger partial charge on any atom is -0.616 e. The van der Waals surface area contributed by atoms with Crippen LogP contribution in [-0.2, 0) is 11.2 Å². The molecule has 23 heavy (non-hydrogen) atoms. The van der Waals surface area contributed by atoms with E-state index in [1.165, 1.54) is 0 Å². The van der Waals surface area contributed by atoms with Crippen LogP contribution in [0.25, 0.3) is 22.2 Å². The van der Waals surface area contributed by atoms with E-state index in [9.17, 15) is 9.66 Å². The summed E-state index contributed by atoms with van der Waals surface area (Å²) in [5, 5.41) is 11.9. The van der Waals surface area contributed by atoms with Gasteiger partial charge < -0.3 is 14.6 Å². The van der Waals surface area contributed by atoms with Crippen molar-refractivity contribution in [1.82, 2.24) is 9.97 Å². The molecule has 0 saturated carbocycles. The molecule has 120 valence electrons. The number of fused-ring (bicyclic) bond motifs is 1. The number of halogens is 2. The molecule has 0 aliphatic rings. The molecule has 4 nitrogen and oxygen atoms in total. The molecule has 0 aliphatic heterocycles. The molecule has 2 N–H and O–H groups in total. The van der Waals surface area contributed by atoms with Crippen molar-refractivity contribution in [1.29, 1.82) is 0 Å². The van der Waals surface area contributed by atoms with E-state index in [1.54, 1.807) is 12.5 Å². The zero-order valence-corrected chi connectivity index (χ0v) is 15.4. The van der Waals surface area contributed by atoms with Gasteiger partial charge in [0, 0.05) is 27.1 Å². The molecule has 0 radical (unpaired) electrons. The molecule has 0 spiro atoms. The summed E-state index contributed by atoms with van der Waals surface area (Å²) >= 11 is 8.52. The van der Waals surface area contributed by atoms with Crippen LogP contribution < -0.4 is 0 Å². The molecule has 0 fully saturated rings. The van der Waals surface area contributed by atoms with Crippen LogP contribution >= 0.6 is 27.5 Å². The first-order valence-corrected chi connectivity index (χ1v) is 9.77. The van der Waals surface area contributed by atoms with Gasteiger partial charge in [-0.25, -0.2) is 0 Å². The van der Waals surface area contributed by atoms with Crippen LogP contribution in [0.1, 0.15) is 11.8 Å². The molecular formula is C16H14BrClN2O2S. The molecular weight excluding hydrogens is 400 g/mol. The maximum absolute atomic E-state index is 11.5. The Morgan fingerprint density at radius 1 is 1.43 bits per heavy atom. The average molecular weight is 414 g/mol. The minimum atomic E-state index is -1.12.